The monoisotopic (exact) mass is 469 g/mol. The molecule has 0 atom stereocenters. The number of hydrogen-bond donors (Lipinski definition) is 0. The van der Waals surface area contributed by atoms with Crippen LogP contribution in [0.1, 0.15) is 36.6 Å². The summed E-state index contributed by atoms with van der Waals surface area (Å²) in [4.78, 5) is 49.0. The maximum atomic E-state index is 12.6. The summed E-state index contributed by atoms with van der Waals surface area (Å²) in [6, 6.07) is 19.9. The lowest BCUT2D eigenvalue weighted by atomic mass is 10.0. The molecule has 0 radical (unpaired) electrons. The number of esters is 2. The van der Waals surface area contributed by atoms with Gasteiger partial charge in [0.2, 0.25) is 11.6 Å². The zero-order chi connectivity index (χ0) is 25.4. The lowest BCUT2D eigenvalue weighted by Crippen LogP contribution is -2.15. The van der Waals surface area contributed by atoms with Crippen molar-refractivity contribution in [1.82, 2.24) is 0 Å². The SMILES string of the molecule is COC(=O)/C(C#N)=C/c1ccc(OC(=O)c2ccc(C(=O)C(=O)c3ccccc3)cc2)c(OC)c1. The van der Waals surface area contributed by atoms with Crippen molar-refractivity contribution in [2.45, 2.75) is 0 Å². The number of carbonyl (C=O) groups is 4. The summed E-state index contributed by atoms with van der Waals surface area (Å²) < 4.78 is 15.2. The van der Waals surface area contributed by atoms with Gasteiger partial charge in [-0.25, -0.2) is 9.59 Å². The maximum absolute atomic E-state index is 12.6. The van der Waals surface area contributed by atoms with Crippen LogP contribution in [0.15, 0.2) is 78.4 Å². The van der Waals surface area contributed by atoms with Crippen LogP contribution in [-0.2, 0) is 9.53 Å². The minimum Gasteiger partial charge on any atom is -0.493 e. The molecule has 0 aliphatic carbocycles. The van der Waals surface area contributed by atoms with Crippen molar-refractivity contribution >= 4 is 29.6 Å². The van der Waals surface area contributed by atoms with Gasteiger partial charge in [0.05, 0.1) is 19.8 Å². The molecule has 0 spiro atoms. The highest BCUT2D eigenvalue weighted by molar-refractivity contribution is 6.49. The molecule has 3 aromatic carbocycles. The largest absolute Gasteiger partial charge is 0.493 e. The maximum Gasteiger partial charge on any atom is 0.348 e. The first-order valence-electron chi connectivity index (χ1n) is 10.2. The number of ketones is 2. The van der Waals surface area contributed by atoms with Gasteiger partial charge in [-0.2, -0.15) is 5.26 Å². The lowest BCUT2D eigenvalue weighted by Gasteiger charge is -2.10. The Bertz CT molecular complexity index is 1350. The van der Waals surface area contributed by atoms with Gasteiger partial charge >= 0.3 is 11.9 Å². The van der Waals surface area contributed by atoms with Crippen LogP contribution in [0.3, 0.4) is 0 Å². The number of benzene rings is 3. The highest BCUT2D eigenvalue weighted by Gasteiger charge is 2.19. The number of hydrogen-bond acceptors (Lipinski definition) is 8. The van der Waals surface area contributed by atoms with E-state index in [-0.39, 0.29) is 33.8 Å². The topological polar surface area (TPSA) is 120 Å². The standard InChI is InChI=1S/C27H19NO7/c1-33-23-15-17(14-21(16-28)26(31)34-2)8-13-22(23)35-27(32)20-11-9-19(10-12-20)25(30)24(29)18-6-4-3-5-7-18/h3-15H,1-2H3/b21-14+. The van der Waals surface area contributed by atoms with Crippen molar-refractivity contribution in [1.29, 1.82) is 5.26 Å². The third-order valence-corrected chi connectivity index (χ3v) is 4.85. The van der Waals surface area contributed by atoms with Crippen molar-refractivity contribution in [3.05, 3.63) is 101 Å². The molecule has 3 rings (SSSR count). The highest BCUT2D eigenvalue weighted by Crippen LogP contribution is 2.30. The van der Waals surface area contributed by atoms with E-state index in [9.17, 15) is 19.2 Å². The molecule has 0 N–H and O–H groups in total. The van der Waals surface area contributed by atoms with E-state index in [1.807, 2.05) is 0 Å². The van der Waals surface area contributed by atoms with E-state index in [0.29, 0.717) is 5.56 Å². The van der Waals surface area contributed by atoms with Gasteiger partial charge in [-0.15, -0.1) is 0 Å². The number of methoxy groups -OCH3 is 2. The predicted octanol–water partition coefficient (Wildman–Crippen LogP) is 4.06. The Balaban J connectivity index is 1.75. The van der Waals surface area contributed by atoms with Crippen molar-refractivity contribution in [3.63, 3.8) is 0 Å². The van der Waals surface area contributed by atoms with Crippen LogP contribution in [-0.4, -0.2) is 37.7 Å². The van der Waals surface area contributed by atoms with E-state index < -0.39 is 23.5 Å². The van der Waals surface area contributed by atoms with E-state index in [1.54, 1.807) is 36.4 Å². The molecule has 3 aromatic rings. The number of nitriles is 1. The average molecular weight is 469 g/mol. The van der Waals surface area contributed by atoms with Gasteiger partial charge in [0.25, 0.3) is 0 Å². The zero-order valence-corrected chi connectivity index (χ0v) is 18.8. The van der Waals surface area contributed by atoms with Gasteiger partial charge in [0.1, 0.15) is 11.6 Å². The first-order chi connectivity index (χ1) is 16.9. The summed E-state index contributed by atoms with van der Waals surface area (Å²) in [6.45, 7) is 0. The van der Waals surface area contributed by atoms with Crippen LogP contribution in [0.5, 0.6) is 11.5 Å². The first kappa shape index (κ1) is 24.6. The molecule has 0 fully saturated rings. The van der Waals surface area contributed by atoms with Crippen LogP contribution >= 0.6 is 0 Å². The normalized spacial score (nSPS) is 10.6. The Hall–Kier alpha value is -5.03. The molecule has 0 unspecified atom stereocenters. The second-order valence-corrected chi connectivity index (χ2v) is 7.06. The van der Waals surface area contributed by atoms with Crippen LogP contribution in [0.25, 0.3) is 6.08 Å². The Labute approximate surface area is 201 Å². The molecule has 0 aromatic heterocycles. The Morgan fingerprint density at radius 3 is 1.94 bits per heavy atom. The van der Waals surface area contributed by atoms with Gasteiger partial charge in [0.15, 0.2) is 11.5 Å². The Morgan fingerprint density at radius 1 is 0.771 bits per heavy atom. The van der Waals surface area contributed by atoms with Crippen molar-refractivity contribution in [3.8, 4) is 17.6 Å². The van der Waals surface area contributed by atoms with Crippen LogP contribution in [0.2, 0.25) is 0 Å². The van der Waals surface area contributed by atoms with Gasteiger partial charge in [-0.3, -0.25) is 9.59 Å². The van der Waals surface area contributed by atoms with Gasteiger partial charge in [-0.1, -0.05) is 48.5 Å². The molecule has 0 aliphatic rings. The average Bonchev–Trinajstić information content (AvgIpc) is 2.91. The molecule has 0 saturated heterocycles. The number of rotatable bonds is 8. The van der Waals surface area contributed by atoms with Crippen molar-refractivity contribution in [2.75, 3.05) is 14.2 Å². The minimum absolute atomic E-state index is 0.102. The summed E-state index contributed by atoms with van der Waals surface area (Å²) >= 11 is 0. The predicted molar refractivity (Wildman–Crippen MR) is 125 cm³/mol. The number of Topliss-reactive ketones (excluding diaryl/α,β-unsaturated/α-hetero) is 2. The Morgan fingerprint density at radius 2 is 1.37 bits per heavy atom. The van der Waals surface area contributed by atoms with Gasteiger partial charge in [0, 0.05) is 11.1 Å². The van der Waals surface area contributed by atoms with Gasteiger partial charge in [-0.05, 0) is 35.9 Å². The highest BCUT2D eigenvalue weighted by atomic mass is 16.6. The molecular formula is C27H19NO7. The fraction of sp³-hybridized carbons (Fsp3) is 0.0741. The van der Waals surface area contributed by atoms with E-state index in [4.69, 9.17) is 14.7 Å². The van der Waals surface area contributed by atoms with Crippen molar-refractivity contribution in [2.24, 2.45) is 0 Å². The molecule has 0 saturated carbocycles. The smallest absolute Gasteiger partial charge is 0.348 e. The summed E-state index contributed by atoms with van der Waals surface area (Å²) in [5.41, 5.74) is 0.814. The third kappa shape index (κ3) is 5.86. The van der Waals surface area contributed by atoms with Crippen LogP contribution < -0.4 is 9.47 Å². The molecule has 174 valence electrons. The minimum atomic E-state index is -0.783. The molecule has 8 heteroatoms. The van der Waals surface area contributed by atoms with Crippen LogP contribution in [0.4, 0.5) is 0 Å². The fourth-order valence-corrected chi connectivity index (χ4v) is 3.04. The van der Waals surface area contributed by atoms with E-state index in [1.165, 1.54) is 62.8 Å². The summed E-state index contributed by atoms with van der Waals surface area (Å²) in [6.07, 6.45) is 1.31. The van der Waals surface area contributed by atoms with E-state index in [0.717, 1.165) is 0 Å². The molecule has 0 aliphatic heterocycles. The number of nitrogens with zero attached hydrogens (tertiary/aromatic N) is 1. The third-order valence-electron chi connectivity index (χ3n) is 4.85. The van der Waals surface area contributed by atoms with Crippen molar-refractivity contribution < 1.29 is 33.4 Å². The lowest BCUT2D eigenvalue weighted by molar-refractivity contribution is -0.135. The van der Waals surface area contributed by atoms with Crippen LogP contribution in [0, 0.1) is 11.3 Å². The second kappa shape index (κ2) is 11.2. The molecule has 8 nitrogen and oxygen atoms in total. The quantitative estimate of drug-likeness (QED) is 0.121. The van der Waals surface area contributed by atoms with E-state index in [2.05, 4.69) is 4.74 Å². The molecular weight excluding hydrogens is 450 g/mol. The summed E-state index contributed by atoms with van der Waals surface area (Å²) in [7, 11) is 2.54. The number of ether oxygens (including phenoxy) is 3. The van der Waals surface area contributed by atoms with E-state index >= 15 is 0 Å². The molecule has 0 heterocycles. The zero-order valence-electron chi connectivity index (χ0n) is 18.8. The fourth-order valence-electron chi connectivity index (χ4n) is 3.04. The molecule has 0 amide bonds. The molecule has 35 heavy (non-hydrogen) atoms. The van der Waals surface area contributed by atoms with Gasteiger partial charge < -0.3 is 14.2 Å². The Kier molecular flexibility index (Phi) is 7.88. The summed E-state index contributed by atoms with van der Waals surface area (Å²) in [5.74, 6) is -2.54. The summed E-state index contributed by atoms with van der Waals surface area (Å²) in [5, 5.41) is 9.10. The molecule has 0 bridgehead atoms. The first-order valence-corrected chi connectivity index (χ1v) is 10.2. The number of carbonyl (C=O) groups excluding carboxylic acids is 4. The second-order valence-electron chi connectivity index (χ2n) is 7.06.